The van der Waals surface area contributed by atoms with E-state index in [2.05, 4.69) is 21.2 Å². The molecule has 0 saturated heterocycles. The highest BCUT2D eigenvalue weighted by Gasteiger charge is 2.12. The van der Waals surface area contributed by atoms with Crippen molar-refractivity contribution >= 4 is 39.1 Å². The van der Waals surface area contributed by atoms with Gasteiger partial charge in [0.1, 0.15) is 0 Å². The van der Waals surface area contributed by atoms with E-state index in [0.717, 1.165) is 10.0 Å². The van der Waals surface area contributed by atoms with E-state index in [1.54, 1.807) is 30.3 Å². The maximum atomic E-state index is 12.3. The second kappa shape index (κ2) is 6.08. The Bertz CT molecular complexity index is 722. The van der Waals surface area contributed by atoms with Crippen LogP contribution in [0.1, 0.15) is 21.5 Å². The molecule has 100 valence electrons. The van der Waals surface area contributed by atoms with Crippen LogP contribution >= 0.6 is 27.5 Å². The van der Waals surface area contributed by atoms with Crippen LogP contribution in [0.4, 0.5) is 5.69 Å². The number of hydrogen-bond acceptors (Lipinski definition) is 2. The summed E-state index contributed by atoms with van der Waals surface area (Å²) in [5.41, 5.74) is 2.26. The predicted molar refractivity (Wildman–Crippen MR) is 83.0 cm³/mol. The summed E-state index contributed by atoms with van der Waals surface area (Å²) in [7, 11) is 0. The van der Waals surface area contributed by atoms with E-state index in [1.165, 1.54) is 0 Å². The zero-order chi connectivity index (χ0) is 14.7. The monoisotopic (exact) mass is 348 g/mol. The fourth-order valence-electron chi connectivity index (χ4n) is 1.73. The van der Waals surface area contributed by atoms with Crippen LogP contribution in [0.5, 0.6) is 0 Å². The summed E-state index contributed by atoms with van der Waals surface area (Å²) in [5.74, 6) is -0.263. The highest BCUT2D eigenvalue weighted by atomic mass is 79.9. The minimum absolute atomic E-state index is 0.263. The van der Waals surface area contributed by atoms with Crippen LogP contribution in [-0.4, -0.2) is 5.91 Å². The molecular weight excluding hydrogens is 340 g/mol. The van der Waals surface area contributed by atoms with Crippen molar-refractivity contribution in [3.63, 3.8) is 0 Å². The van der Waals surface area contributed by atoms with Gasteiger partial charge < -0.3 is 5.32 Å². The number of halogens is 2. The van der Waals surface area contributed by atoms with Gasteiger partial charge in [-0.3, -0.25) is 4.79 Å². The number of nitrogens with zero attached hydrogens (tertiary/aromatic N) is 1. The minimum atomic E-state index is -0.263. The van der Waals surface area contributed by atoms with Gasteiger partial charge in [0.25, 0.3) is 5.91 Å². The van der Waals surface area contributed by atoms with Crippen molar-refractivity contribution < 1.29 is 4.79 Å². The molecule has 1 amide bonds. The van der Waals surface area contributed by atoms with Crippen LogP contribution in [0.2, 0.25) is 5.02 Å². The van der Waals surface area contributed by atoms with Crippen LogP contribution in [0.15, 0.2) is 40.9 Å². The number of benzene rings is 2. The van der Waals surface area contributed by atoms with Crippen LogP contribution < -0.4 is 5.32 Å². The van der Waals surface area contributed by atoms with Gasteiger partial charge in [-0.2, -0.15) is 5.26 Å². The van der Waals surface area contributed by atoms with Gasteiger partial charge in [0.2, 0.25) is 0 Å². The molecule has 0 aromatic heterocycles. The summed E-state index contributed by atoms with van der Waals surface area (Å²) in [5, 5.41) is 12.0. The van der Waals surface area contributed by atoms with Crippen molar-refractivity contribution in [1.29, 1.82) is 5.26 Å². The highest BCUT2D eigenvalue weighted by molar-refractivity contribution is 9.10. The lowest BCUT2D eigenvalue weighted by atomic mass is 10.1. The van der Waals surface area contributed by atoms with Gasteiger partial charge in [-0.25, -0.2) is 0 Å². The molecule has 0 fully saturated rings. The molecule has 0 aliphatic carbocycles. The molecule has 0 heterocycles. The van der Waals surface area contributed by atoms with E-state index in [-0.39, 0.29) is 5.91 Å². The van der Waals surface area contributed by atoms with E-state index in [0.29, 0.717) is 21.8 Å². The third-order valence-electron chi connectivity index (χ3n) is 2.86. The molecule has 0 saturated carbocycles. The Kier molecular flexibility index (Phi) is 4.43. The fraction of sp³-hybridized carbons (Fsp3) is 0.0667. The van der Waals surface area contributed by atoms with Gasteiger partial charge >= 0.3 is 0 Å². The fourth-order valence-corrected chi connectivity index (χ4v) is 2.26. The molecule has 5 heteroatoms. The van der Waals surface area contributed by atoms with E-state index in [1.807, 2.05) is 19.1 Å². The van der Waals surface area contributed by atoms with E-state index >= 15 is 0 Å². The highest BCUT2D eigenvalue weighted by Crippen LogP contribution is 2.25. The van der Waals surface area contributed by atoms with Gasteiger partial charge in [0, 0.05) is 10.0 Å². The predicted octanol–water partition coefficient (Wildman–Crippen LogP) is 4.53. The smallest absolute Gasteiger partial charge is 0.256 e. The summed E-state index contributed by atoms with van der Waals surface area (Å²) in [6.45, 7) is 1.85. The van der Waals surface area contributed by atoms with Gasteiger partial charge in [0.15, 0.2) is 0 Å². The molecule has 1 N–H and O–H groups in total. The average molecular weight is 350 g/mol. The molecule has 0 atom stereocenters. The maximum absolute atomic E-state index is 12.3. The summed E-state index contributed by atoms with van der Waals surface area (Å²) < 4.78 is 0.863. The molecule has 0 aliphatic heterocycles. The SMILES string of the molecule is Cc1c(Br)cccc1C(=O)Nc1cc(C#N)ccc1Cl. The van der Waals surface area contributed by atoms with Gasteiger partial charge in [-0.05, 0) is 42.8 Å². The number of amides is 1. The Morgan fingerprint density at radius 3 is 2.80 bits per heavy atom. The lowest BCUT2D eigenvalue weighted by Gasteiger charge is -2.10. The molecule has 2 rings (SSSR count). The summed E-state index contributed by atoms with van der Waals surface area (Å²) in [4.78, 5) is 12.3. The number of carbonyl (C=O) groups is 1. The average Bonchev–Trinajstić information content (AvgIpc) is 2.44. The normalized spacial score (nSPS) is 9.90. The van der Waals surface area contributed by atoms with Crippen molar-refractivity contribution in [1.82, 2.24) is 0 Å². The molecule has 3 nitrogen and oxygen atoms in total. The first-order chi connectivity index (χ1) is 9.52. The van der Waals surface area contributed by atoms with E-state index < -0.39 is 0 Å². The first-order valence-electron chi connectivity index (χ1n) is 5.79. The molecule has 0 bridgehead atoms. The molecule has 0 aliphatic rings. The Morgan fingerprint density at radius 2 is 2.10 bits per heavy atom. The molecule has 2 aromatic carbocycles. The zero-order valence-electron chi connectivity index (χ0n) is 10.6. The Labute approximate surface area is 130 Å². The van der Waals surface area contributed by atoms with Crippen LogP contribution in [0.3, 0.4) is 0 Å². The molecule has 0 unspecified atom stereocenters. The molecule has 2 aromatic rings. The first-order valence-corrected chi connectivity index (χ1v) is 6.96. The lowest BCUT2D eigenvalue weighted by molar-refractivity contribution is 0.102. The number of nitriles is 1. The van der Waals surface area contributed by atoms with Crippen molar-refractivity contribution in [2.24, 2.45) is 0 Å². The number of anilines is 1. The van der Waals surface area contributed by atoms with Gasteiger partial charge in [0.05, 0.1) is 22.3 Å². The van der Waals surface area contributed by atoms with Gasteiger partial charge in [-0.15, -0.1) is 0 Å². The Morgan fingerprint density at radius 1 is 1.35 bits per heavy atom. The summed E-state index contributed by atoms with van der Waals surface area (Å²) in [6.07, 6.45) is 0. The molecule has 0 radical (unpaired) electrons. The van der Waals surface area contributed by atoms with Gasteiger partial charge in [-0.1, -0.05) is 33.6 Å². The molecule has 0 spiro atoms. The van der Waals surface area contributed by atoms with Crippen molar-refractivity contribution in [2.45, 2.75) is 6.92 Å². The standard InChI is InChI=1S/C15H10BrClN2O/c1-9-11(3-2-4-12(9)16)15(20)19-14-7-10(8-18)5-6-13(14)17/h2-7H,1H3,(H,19,20). The topological polar surface area (TPSA) is 52.9 Å². The van der Waals surface area contributed by atoms with Crippen LogP contribution in [0.25, 0.3) is 0 Å². The maximum Gasteiger partial charge on any atom is 0.256 e. The molecule has 20 heavy (non-hydrogen) atoms. The summed E-state index contributed by atoms with van der Waals surface area (Å²) in [6, 6.07) is 12.1. The number of hydrogen-bond donors (Lipinski definition) is 1. The Hall–Kier alpha value is -1.83. The van der Waals surface area contributed by atoms with Crippen molar-refractivity contribution in [3.05, 3.63) is 62.6 Å². The molecular formula is C15H10BrClN2O. The van der Waals surface area contributed by atoms with E-state index in [9.17, 15) is 4.79 Å². The number of carbonyl (C=O) groups excluding carboxylic acids is 1. The zero-order valence-corrected chi connectivity index (χ0v) is 12.9. The second-order valence-corrected chi connectivity index (χ2v) is 5.43. The Balaban J connectivity index is 2.33. The lowest BCUT2D eigenvalue weighted by Crippen LogP contribution is -2.14. The quantitative estimate of drug-likeness (QED) is 0.865. The second-order valence-electron chi connectivity index (χ2n) is 4.17. The minimum Gasteiger partial charge on any atom is -0.321 e. The largest absolute Gasteiger partial charge is 0.321 e. The van der Waals surface area contributed by atoms with Crippen LogP contribution in [-0.2, 0) is 0 Å². The summed E-state index contributed by atoms with van der Waals surface area (Å²) >= 11 is 9.41. The third kappa shape index (κ3) is 3.01. The van der Waals surface area contributed by atoms with Crippen molar-refractivity contribution in [3.8, 4) is 6.07 Å². The number of rotatable bonds is 2. The first kappa shape index (κ1) is 14.6. The third-order valence-corrected chi connectivity index (χ3v) is 4.04. The number of nitrogens with one attached hydrogen (secondary N) is 1. The van der Waals surface area contributed by atoms with Crippen molar-refractivity contribution in [2.75, 3.05) is 5.32 Å². The van der Waals surface area contributed by atoms with Crippen LogP contribution in [0, 0.1) is 18.3 Å². The van der Waals surface area contributed by atoms with E-state index in [4.69, 9.17) is 16.9 Å².